The van der Waals surface area contributed by atoms with Crippen LogP contribution in [0.4, 0.5) is 4.39 Å². The van der Waals surface area contributed by atoms with Gasteiger partial charge in [-0.15, -0.1) is 6.58 Å². The van der Waals surface area contributed by atoms with Crippen LogP contribution in [0.1, 0.15) is 64.0 Å². The van der Waals surface area contributed by atoms with Gasteiger partial charge in [0, 0.05) is 6.54 Å². The summed E-state index contributed by atoms with van der Waals surface area (Å²) in [4.78, 5) is 0. The van der Waals surface area contributed by atoms with E-state index in [0.717, 1.165) is 11.5 Å². The number of hydrogen-bond acceptors (Lipinski definition) is 2. The highest BCUT2D eigenvalue weighted by Crippen LogP contribution is 2.33. The molecule has 0 radical (unpaired) electrons. The first-order valence-electron chi connectivity index (χ1n) is 8.78. The van der Waals surface area contributed by atoms with E-state index in [1.807, 2.05) is 19.9 Å². The third-order valence-electron chi connectivity index (χ3n) is 4.19. The molecule has 1 aromatic carbocycles. The lowest BCUT2D eigenvalue weighted by molar-refractivity contribution is 0.349. The lowest BCUT2D eigenvalue weighted by atomic mass is 9.94. The van der Waals surface area contributed by atoms with Crippen molar-refractivity contribution in [1.29, 1.82) is 0 Å². The second-order valence-corrected chi connectivity index (χ2v) is 6.97. The minimum Gasteiger partial charge on any atom is -0.253 e. The number of aryl methyl sites for hydroxylation is 1. The van der Waals surface area contributed by atoms with Crippen molar-refractivity contribution in [2.75, 3.05) is 6.54 Å². The molecule has 3 heteroatoms. The van der Waals surface area contributed by atoms with Crippen LogP contribution < -0.4 is 10.9 Å². The summed E-state index contributed by atoms with van der Waals surface area (Å²) in [6.07, 6.45) is 9.19. The number of hydrogen-bond donors (Lipinski definition) is 2. The van der Waals surface area contributed by atoms with Crippen molar-refractivity contribution in [2.45, 2.75) is 65.3 Å². The summed E-state index contributed by atoms with van der Waals surface area (Å²) in [5.41, 5.74) is 7.68. The van der Waals surface area contributed by atoms with Crippen molar-refractivity contribution in [3.63, 3.8) is 0 Å². The fraction of sp³-hybridized carbons (Fsp3) is 0.600. The second kappa shape index (κ2) is 9.84. The largest absolute Gasteiger partial charge is 0.253 e. The molecule has 1 aliphatic rings. The summed E-state index contributed by atoms with van der Waals surface area (Å²) in [5, 5.41) is 0. The smallest absolute Gasteiger partial charge is 0.126 e. The zero-order valence-electron chi connectivity index (χ0n) is 15.2. The molecule has 0 aromatic heterocycles. The molecule has 0 aliphatic heterocycles. The number of rotatable bonds is 8. The maximum absolute atomic E-state index is 13.1. The molecule has 1 saturated carbocycles. The van der Waals surface area contributed by atoms with Gasteiger partial charge in [0.25, 0.3) is 0 Å². The van der Waals surface area contributed by atoms with Crippen LogP contribution in [0.2, 0.25) is 0 Å². The molecule has 0 unspecified atom stereocenters. The van der Waals surface area contributed by atoms with E-state index in [0.29, 0.717) is 12.1 Å². The minimum atomic E-state index is -0.249. The molecular formula is C20H33FN2. The molecule has 0 bridgehead atoms. The second-order valence-electron chi connectivity index (χ2n) is 6.97. The quantitative estimate of drug-likeness (QED) is 0.389. The van der Waals surface area contributed by atoms with Crippen LogP contribution in [-0.4, -0.2) is 6.54 Å². The van der Waals surface area contributed by atoms with E-state index in [1.54, 1.807) is 19.1 Å². The van der Waals surface area contributed by atoms with Crippen molar-refractivity contribution in [3.8, 4) is 0 Å². The van der Waals surface area contributed by atoms with Crippen LogP contribution >= 0.6 is 0 Å². The summed E-state index contributed by atoms with van der Waals surface area (Å²) in [6, 6.07) is 5.16. The zero-order chi connectivity index (χ0) is 17.3. The molecule has 1 aromatic rings. The molecule has 0 spiro atoms. The SMILES string of the molecule is C=CCNNC(C)(C)c1ccc(F)c(C)c1.CCCCC1CC1. The van der Waals surface area contributed by atoms with Gasteiger partial charge in [0.2, 0.25) is 0 Å². The highest BCUT2D eigenvalue weighted by molar-refractivity contribution is 5.28. The van der Waals surface area contributed by atoms with Gasteiger partial charge in [0.05, 0.1) is 5.54 Å². The molecular weight excluding hydrogens is 287 g/mol. The number of unbranched alkanes of at least 4 members (excludes halogenated alkanes) is 1. The molecule has 130 valence electrons. The van der Waals surface area contributed by atoms with E-state index >= 15 is 0 Å². The normalized spacial score (nSPS) is 14.1. The number of halogens is 1. The van der Waals surface area contributed by atoms with Crippen molar-refractivity contribution in [1.82, 2.24) is 10.9 Å². The summed E-state index contributed by atoms with van der Waals surface area (Å²) >= 11 is 0. The average Bonchev–Trinajstić information content (AvgIpc) is 3.33. The fourth-order valence-electron chi connectivity index (χ4n) is 2.35. The summed E-state index contributed by atoms with van der Waals surface area (Å²) < 4.78 is 13.1. The van der Waals surface area contributed by atoms with Gasteiger partial charge in [0.1, 0.15) is 5.82 Å². The molecule has 2 rings (SSSR count). The molecule has 1 fully saturated rings. The van der Waals surface area contributed by atoms with Gasteiger partial charge in [-0.1, -0.05) is 57.2 Å². The Bertz CT molecular complexity index is 479. The fourth-order valence-corrected chi connectivity index (χ4v) is 2.35. The van der Waals surface area contributed by atoms with Crippen molar-refractivity contribution >= 4 is 0 Å². The lowest BCUT2D eigenvalue weighted by Crippen LogP contribution is -2.46. The third kappa shape index (κ3) is 7.76. The van der Waals surface area contributed by atoms with E-state index < -0.39 is 0 Å². The predicted molar refractivity (Wildman–Crippen MR) is 97.7 cm³/mol. The molecule has 0 saturated heterocycles. The van der Waals surface area contributed by atoms with Crippen molar-refractivity contribution in [2.24, 2.45) is 5.92 Å². The number of hydrazine groups is 1. The van der Waals surface area contributed by atoms with E-state index in [-0.39, 0.29) is 11.4 Å². The van der Waals surface area contributed by atoms with E-state index in [9.17, 15) is 4.39 Å². The van der Waals surface area contributed by atoms with Crippen LogP contribution in [0, 0.1) is 18.7 Å². The highest BCUT2D eigenvalue weighted by Gasteiger charge is 2.20. The van der Waals surface area contributed by atoms with Crippen molar-refractivity contribution < 1.29 is 4.39 Å². The first-order valence-corrected chi connectivity index (χ1v) is 8.78. The van der Waals surface area contributed by atoms with Gasteiger partial charge in [0.15, 0.2) is 0 Å². The first kappa shape index (κ1) is 19.9. The zero-order valence-corrected chi connectivity index (χ0v) is 15.2. The third-order valence-corrected chi connectivity index (χ3v) is 4.19. The number of benzene rings is 1. The maximum Gasteiger partial charge on any atom is 0.126 e. The Morgan fingerprint density at radius 3 is 2.57 bits per heavy atom. The first-order chi connectivity index (χ1) is 10.9. The van der Waals surface area contributed by atoms with E-state index in [1.165, 1.54) is 38.2 Å². The van der Waals surface area contributed by atoms with E-state index in [2.05, 4.69) is 24.4 Å². The Kier molecular flexibility index (Phi) is 8.49. The topological polar surface area (TPSA) is 24.1 Å². The molecule has 0 atom stereocenters. The van der Waals surface area contributed by atoms with Gasteiger partial charge in [-0.25, -0.2) is 9.82 Å². The Balaban J connectivity index is 0.000000313. The van der Waals surface area contributed by atoms with Gasteiger partial charge >= 0.3 is 0 Å². The van der Waals surface area contributed by atoms with Crippen molar-refractivity contribution in [3.05, 3.63) is 47.8 Å². The lowest BCUT2D eigenvalue weighted by Gasteiger charge is -2.27. The van der Waals surface area contributed by atoms with Gasteiger partial charge < -0.3 is 0 Å². The van der Waals surface area contributed by atoms with Gasteiger partial charge in [-0.3, -0.25) is 5.43 Å². The van der Waals surface area contributed by atoms with Crippen LogP contribution in [0.5, 0.6) is 0 Å². The Hall–Kier alpha value is -1.19. The Labute approximate surface area is 141 Å². The average molecular weight is 320 g/mol. The van der Waals surface area contributed by atoms with Crippen LogP contribution in [0.3, 0.4) is 0 Å². The molecule has 2 N–H and O–H groups in total. The Morgan fingerprint density at radius 1 is 1.35 bits per heavy atom. The number of nitrogens with one attached hydrogen (secondary N) is 2. The van der Waals surface area contributed by atoms with Crippen LogP contribution in [0.25, 0.3) is 0 Å². The van der Waals surface area contributed by atoms with Gasteiger partial charge in [-0.2, -0.15) is 0 Å². The molecule has 1 aliphatic carbocycles. The minimum absolute atomic E-state index is 0.168. The van der Waals surface area contributed by atoms with E-state index in [4.69, 9.17) is 0 Å². The summed E-state index contributed by atoms with van der Waals surface area (Å²) in [6.45, 7) is 12.4. The molecule has 0 amide bonds. The monoisotopic (exact) mass is 320 g/mol. The highest BCUT2D eigenvalue weighted by atomic mass is 19.1. The molecule has 23 heavy (non-hydrogen) atoms. The van der Waals surface area contributed by atoms with Crippen LogP contribution in [0.15, 0.2) is 30.9 Å². The van der Waals surface area contributed by atoms with Gasteiger partial charge in [-0.05, 0) is 43.9 Å². The Morgan fingerprint density at radius 2 is 2.04 bits per heavy atom. The summed E-state index contributed by atoms with van der Waals surface area (Å²) in [7, 11) is 0. The summed E-state index contributed by atoms with van der Waals surface area (Å²) in [5.74, 6) is 0.985. The molecule has 0 heterocycles. The molecule has 2 nitrogen and oxygen atoms in total. The van der Waals surface area contributed by atoms with Crippen LogP contribution in [-0.2, 0) is 5.54 Å². The standard InChI is InChI=1S/C13H19FN2.C7H14/c1-5-8-15-16-13(3,4)11-6-7-12(14)10(2)9-11;1-2-3-4-7-5-6-7/h5-7,9,15-16H,1,8H2,2-4H3;7H,2-6H2,1H3. The predicted octanol–water partition coefficient (Wildman–Crippen LogP) is 5.24. The maximum atomic E-state index is 13.1.